The van der Waals surface area contributed by atoms with Crippen molar-refractivity contribution in [3.05, 3.63) is 57.9 Å². The van der Waals surface area contributed by atoms with Crippen LogP contribution in [0.2, 0.25) is 0 Å². The Balaban J connectivity index is 2.09. The Bertz CT molecular complexity index is 1250. The highest BCUT2D eigenvalue weighted by atomic mass is 19.1. The number of halogens is 2. The molecule has 3 aromatic rings. The van der Waals surface area contributed by atoms with Crippen molar-refractivity contribution in [3.63, 3.8) is 0 Å². The Labute approximate surface area is 168 Å². The van der Waals surface area contributed by atoms with E-state index in [9.17, 15) is 23.5 Å². The lowest BCUT2D eigenvalue weighted by Crippen LogP contribution is -2.56. The number of ether oxygens (including phenoxy) is 1. The third-order valence-corrected chi connectivity index (χ3v) is 5.14. The first-order chi connectivity index (χ1) is 14.2. The quantitative estimate of drug-likeness (QED) is 0.553. The molecule has 0 saturated carbocycles. The Morgan fingerprint density at radius 2 is 1.90 bits per heavy atom. The number of benzene rings is 2. The second-order valence-electron chi connectivity index (χ2n) is 7.05. The summed E-state index contributed by atoms with van der Waals surface area (Å²) in [4.78, 5) is 26.0. The van der Waals surface area contributed by atoms with Crippen molar-refractivity contribution < 1.29 is 23.4 Å². The number of hydrogen-bond acceptors (Lipinski definition) is 6. The summed E-state index contributed by atoms with van der Waals surface area (Å²) in [6, 6.07) is 4.77. The molecule has 0 amide bonds. The third-order valence-electron chi connectivity index (χ3n) is 5.14. The lowest BCUT2D eigenvalue weighted by Gasteiger charge is -2.39. The molecule has 156 valence electrons. The van der Waals surface area contributed by atoms with Gasteiger partial charge in [0.1, 0.15) is 22.9 Å². The van der Waals surface area contributed by atoms with Gasteiger partial charge in [0.25, 0.3) is 0 Å². The molecule has 5 N–H and O–H groups in total. The largest absolute Gasteiger partial charge is 0.492 e. The maximum atomic E-state index is 14.8. The summed E-state index contributed by atoms with van der Waals surface area (Å²) in [7, 11) is 1.28. The molecule has 10 heteroatoms. The predicted octanol–water partition coefficient (Wildman–Crippen LogP) is 1.71. The number of carboxylic acid groups (broad SMARTS) is 1. The molecule has 2 heterocycles. The van der Waals surface area contributed by atoms with Crippen LogP contribution < -0.4 is 26.5 Å². The molecule has 2 aromatic carbocycles. The molecule has 1 fully saturated rings. The van der Waals surface area contributed by atoms with Gasteiger partial charge >= 0.3 is 5.97 Å². The number of methoxy groups -OCH3 is 1. The van der Waals surface area contributed by atoms with Crippen LogP contribution in [0.3, 0.4) is 0 Å². The van der Waals surface area contributed by atoms with Gasteiger partial charge in [0.2, 0.25) is 5.43 Å². The number of aromatic nitrogens is 1. The van der Waals surface area contributed by atoms with E-state index in [4.69, 9.17) is 16.2 Å². The van der Waals surface area contributed by atoms with Gasteiger partial charge in [0, 0.05) is 30.7 Å². The fraction of sp³-hybridized carbons (Fsp3) is 0.200. The Kier molecular flexibility index (Phi) is 4.58. The number of carbonyl (C=O) groups is 1. The first-order valence-electron chi connectivity index (χ1n) is 8.98. The van der Waals surface area contributed by atoms with Gasteiger partial charge in [0.05, 0.1) is 24.0 Å². The predicted molar refractivity (Wildman–Crippen MR) is 108 cm³/mol. The van der Waals surface area contributed by atoms with E-state index in [2.05, 4.69) is 0 Å². The SMILES string of the molecule is COc1c(-n2cc(C(=O)O)c(=O)c3cc(F)c(N4CC(N)C4)cc32)ccc(F)c1N. The van der Waals surface area contributed by atoms with Crippen molar-refractivity contribution in [2.45, 2.75) is 6.04 Å². The summed E-state index contributed by atoms with van der Waals surface area (Å²) >= 11 is 0. The van der Waals surface area contributed by atoms with Gasteiger partial charge in [-0.25, -0.2) is 13.6 Å². The van der Waals surface area contributed by atoms with Crippen LogP contribution in [0.1, 0.15) is 10.4 Å². The Morgan fingerprint density at radius 3 is 2.50 bits per heavy atom. The molecule has 0 atom stereocenters. The van der Waals surface area contributed by atoms with Gasteiger partial charge in [0.15, 0.2) is 5.75 Å². The van der Waals surface area contributed by atoms with Crippen LogP contribution in [0.15, 0.2) is 35.3 Å². The highest BCUT2D eigenvalue weighted by molar-refractivity contribution is 5.94. The van der Waals surface area contributed by atoms with Gasteiger partial charge in [-0.1, -0.05) is 0 Å². The number of fused-ring (bicyclic) bond motifs is 1. The minimum absolute atomic E-state index is 0.0480. The number of carboxylic acids is 1. The molecule has 0 spiro atoms. The van der Waals surface area contributed by atoms with Crippen molar-refractivity contribution in [2.75, 3.05) is 30.8 Å². The van der Waals surface area contributed by atoms with E-state index >= 15 is 0 Å². The van der Waals surface area contributed by atoms with Crippen molar-refractivity contribution in [2.24, 2.45) is 5.73 Å². The van der Waals surface area contributed by atoms with Crippen LogP contribution in [0.5, 0.6) is 5.75 Å². The zero-order valence-electron chi connectivity index (χ0n) is 15.9. The number of aromatic carboxylic acids is 1. The first-order valence-corrected chi connectivity index (χ1v) is 8.98. The van der Waals surface area contributed by atoms with E-state index in [1.807, 2.05) is 0 Å². The van der Waals surface area contributed by atoms with Gasteiger partial charge in [-0.05, 0) is 24.3 Å². The van der Waals surface area contributed by atoms with Crippen molar-refractivity contribution in [1.29, 1.82) is 0 Å². The Hall–Kier alpha value is -3.66. The molecule has 8 nitrogen and oxygen atoms in total. The molecule has 1 aliphatic rings. The lowest BCUT2D eigenvalue weighted by molar-refractivity contribution is 0.0695. The lowest BCUT2D eigenvalue weighted by atomic mass is 10.1. The molecule has 4 rings (SSSR count). The monoisotopic (exact) mass is 416 g/mol. The summed E-state index contributed by atoms with van der Waals surface area (Å²) in [5, 5.41) is 9.32. The number of nitrogens with zero attached hydrogens (tertiary/aromatic N) is 2. The van der Waals surface area contributed by atoms with Crippen LogP contribution in [-0.2, 0) is 0 Å². The average molecular weight is 416 g/mol. The molecular weight excluding hydrogens is 398 g/mol. The van der Waals surface area contributed by atoms with E-state index in [1.54, 1.807) is 4.90 Å². The number of anilines is 2. The van der Waals surface area contributed by atoms with Gasteiger partial charge in [-0.15, -0.1) is 0 Å². The van der Waals surface area contributed by atoms with E-state index in [1.165, 1.54) is 23.8 Å². The smallest absolute Gasteiger partial charge is 0.341 e. The van der Waals surface area contributed by atoms with Crippen LogP contribution in [0.25, 0.3) is 16.6 Å². The van der Waals surface area contributed by atoms with Crippen molar-refractivity contribution >= 4 is 28.2 Å². The molecule has 1 aliphatic heterocycles. The summed E-state index contributed by atoms with van der Waals surface area (Å²) in [5.41, 5.74) is 10.5. The van der Waals surface area contributed by atoms with E-state index in [-0.39, 0.29) is 39.8 Å². The second kappa shape index (κ2) is 6.99. The highest BCUT2D eigenvalue weighted by Crippen LogP contribution is 2.35. The topological polar surface area (TPSA) is 124 Å². The maximum absolute atomic E-state index is 14.8. The third kappa shape index (κ3) is 2.92. The number of pyridine rings is 1. The van der Waals surface area contributed by atoms with Crippen molar-refractivity contribution in [1.82, 2.24) is 4.57 Å². The van der Waals surface area contributed by atoms with Crippen molar-refractivity contribution in [3.8, 4) is 11.4 Å². The zero-order valence-corrected chi connectivity index (χ0v) is 15.9. The van der Waals surface area contributed by atoms with E-state index in [0.29, 0.717) is 13.1 Å². The molecule has 1 aromatic heterocycles. The van der Waals surface area contributed by atoms with Crippen LogP contribution in [0, 0.1) is 11.6 Å². The molecule has 0 aliphatic carbocycles. The molecule has 1 saturated heterocycles. The Morgan fingerprint density at radius 1 is 1.20 bits per heavy atom. The van der Waals surface area contributed by atoms with Gasteiger partial charge < -0.3 is 30.8 Å². The van der Waals surface area contributed by atoms with Crippen LogP contribution in [0.4, 0.5) is 20.2 Å². The van der Waals surface area contributed by atoms with Gasteiger partial charge in [-0.3, -0.25) is 4.79 Å². The minimum Gasteiger partial charge on any atom is -0.492 e. The van der Waals surface area contributed by atoms with Gasteiger partial charge in [-0.2, -0.15) is 0 Å². The molecule has 0 radical (unpaired) electrons. The second-order valence-corrected chi connectivity index (χ2v) is 7.05. The number of hydrogen-bond donors (Lipinski definition) is 3. The molecule has 0 unspecified atom stereocenters. The minimum atomic E-state index is -1.48. The van der Waals surface area contributed by atoms with E-state index < -0.39 is 28.6 Å². The molecular formula is C20H18F2N4O4. The normalized spacial score (nSPS) is 14.1. The molecule has 0 bridgehead atoms. The first kappa shape index (κ1) is 19.6. The molecule has 30 heavy (non-hydrogen) atoms. The standard InChI is InChI=1S/C20H18F2N4O4/c1-30-19-14(3-2-12(21)17(19)24)26-8-11(20(28)29)18(27)10-4-13(22)16(5-15(10)26)25-6-9(23)7-25/h2-5,8-9H,6-7,23-24H2,1H3,(H,28,29). The fourth-order valence-electron chi connectivity index (χ4n) is 3.61. The summed E-state index contributed by atoms with van der Waals surface area (Å²) in [6.45, 7) is 0.874. The fourth-order valence-corrected chi connectivity index (χ4v) is 3.61. The van der Waals surface area contributed by atoms with E-state index in [0.717, 1.165) is 18.3 Å². The zero-order chi connectivity index (χ0) is 21.7. The summed E-state index contributed by atoms with van der Waals surface area (Å²) in [5.74, 6) is -2.93. The average Bonchev–Trinajstić information content (AvgIpc) is 2.68. The summed E-state index contributed by atoms with van der Waals surface area (Å²) < 4.78 is 35.2. The van der Waals surface area contributed by atoms with Crippen LogP contribution in [-0.4, -0.2) is 41.9 Å². The number of nitrogens with two attached hydrogens (primary N) is 2. The number of nitrogen functional groups attached to an aromatic ring is 1. The summed E-state index contributed by atoms with van der Waals surface area (Å²) in [6.07, 6.45) is 1.09. The number of rotatable bonds is 4. The highest BCUT2D eigenvalue weighted by Gasteiger charge is 2.27. The van der Waals surface area contributed by atoms with Crippen LogP contribution >= 0.6 is 0 Å². The maximum Gasteiger partial charge on any atom is 0.341 e.